The fraction of sp³-hybridized carbons (Fsp3) is 0.308. The summed E-state index contributed by atoms with van der Waals surface area (Å²) in [4.78, 5) is 31.4. The van der Waals surface area contributed by atoms with Gasteiger partial charge < -0.3 is 9.80 Å². The van der Waals surface area contributed by atoms with Crippen LogP contribution in [0.1, 0.15) is 33.7 Å². The van der Waals surface area contributed by atoms with E-state index in [9.17, 15) is 4.79 Å². The Morgan fingerprint density at radius 1 is 0.906 bits per heavy atom. The summed E-state index contributed by atoms with van der Waals surface area (Å²) >= 11 is 0. The van der Waals surface area contributed by atoms with E-state index in [-0.39, 0.29) is 11.7 Å². The fourth-order valence-corrected chi connectivity index (χ4v) is 4.55. The zero-order valence-corrected chi connectivity index (χ0v) is 18.3. The van der Waals surface area contributed by atoms with Crippen LogP contribution in [0.4, 0.5) is 11.8 Å². The Hall–Kier alpha value is -3.54. The van der Waals surface area contributed by atoms with Gasteiger partial charge in [0.1, 0.15) is 5.82 Å². The Kier molecular flexibility index (Phi) is 5.67. The van der Waals surface area contributed by atoms with Crippen LogP contribution in [0.15, 0.2) is 60.8 Å². The van der Waals surface area contributed by atoms with Crippen LogP contribution in [-0.4, -0.2) is 46.9 Å². The lowest BCUT2D eigenvalue weighted by Crippen LogP contribution is -2.47. The second-order valence-electron chi connectivity index (χ2n) is 8.45. The topological polar surface area (TPSA) is 62.2 Å². The van der Waals surface area contributed by atoms with Crippen LogP contribution in [0.2, 0.25) is 0 Å². The van der Waals surface area contributed by atoms with Crippen LogP contribution < -0.4 is 9.80 Å². The van der Waals surface area contributed by atoms with Gasteiger partial charge in [0.2, 0.25) is 5.95 Å². The summed E-state index contributed by atoms with van der Waals surface area (Å²) in [6.07, 6.45) is 7.38. The first-order valence-corrected chi connectivity index (χ1v) is 11.2. The maximum absolute atomic E-state index is 12.9. The van der Waals surface area contributed by atoms with Crippen LogP contribution in [0, 0.1) is 12.8 Å². The molecule has 6 heteroatoms. The van der Waals surface area contributed by atoms with Gasteiger partial charge >= 0.3 is 0 Å². The molecule has 2 aliphatic rings. The molecule has 3 aromatic rings. The van der Waals surface area contributed by atoms with Gasteiger partial charge in [0.05, 0.1) is 17.0 Å². The van der Waals surface area contributed by atoms with Crippen LogP contribution in [0.3, 0.4) is 0 Å². The summed E-state index contributed by atoms with van der Waals surface area (Å²) in [7, 11) is 0. The van der Waals surface area contributed by atoms with Crippen molar-refractivity contribution < 1.29 is 4.79 Å². The standard InChI is InChI=1S/C26H27N5O/c1-19-25-22(17-21(18-23(25)32)11-10-20-7-3-2-4-8-20)29-26(28-19)31-15-13-30(14-16-31)24-9-5-6-12-27-24/h2-12,21H,13-18H2,1H3/b11-10+. The predicted molar refractivity (Wildman–Crippen MR) is 127 cm³/mol. The second kappa shape index (κ2) is 8.91. The van der Waals surface area contributed by atoms with Gasteiger partial charge in [0.25, 0.3) is 0 Å². The molecule has 0 N–H and O–H groups in total. The van der Waals surface area contributed by atoms with Crippen molar-refractivity contribution in [3.8, 4) is 0 Å². The lowest BCUT2D eigenvalue weighted by atomic mass is 9.85. The highest BCUT2D eigenvalue weighted by atomic mass is 16.1. The number of pyridine rings is 1. The molecular formula is C26H27N5O. The van der Waals surface area contributed by atoms with Crippen molar-refractivity contribution in [1.82, 2.24) is 15.0 Å². The normalized spacial score (nSPS) is 18.8. The summed E-state index contributed by atoms with van der Waals surface area (Å²) in [6, 6.07) is 16.2. The molecule has 1 unspecified atom stereocenters. The second-order valence-corrected chi connectivity index (χ2v) is 8.45. The largest absolute Gasteiger partial charge is 0.353 e. The molecule has 1 saturated heterocycles. The van der Waals surface area contributed by atoms with Crippen molar-refractivity contribution in [3.63, 3.8) is 0 Å². The molecule has 162 valence electrons. The summed E-state index contributed by atoms with van der Waals surface area (Å²) in [5, 5.41) is 0. The van der Waals surface area contributed by atoms with Crippen LogP contribution >= 0.6 is 0 Å². The highest BCUT2D eigenvalue weighted by molar-refractivity contribution is 5.99. The van der Waals surface area contributed by atoms with Crippen molar-refractivity contribution in [1.29, 1.82) is 0 Å². The number of hydrogen-bond acceptors (Lipinski definition) is 6. The van der Waals surface area contributed by atoms with Gasteiger partial charge in [-0.05, 0) is 37.0 Å². The molecule has 1 fully saturated rings. The average Bonchev–Trinajstić information content (AvgIpc) is 2.83. The highest BCUT2D eigenvalue weighted by Crippen LogP contribution is 2.29. The summed E-state index contributed by atoms with van der Waals surface area (Å²) < 4.78 is 0. The van der Waals surface area contributed by atoms with Crippen molar-refractivity contribution in [3.05, 3.63) is 83.3 Å². The van der Waals surface area contributed by atoms with Crippen LogP contribution in [-0.2, 0) is 6.42 Å². The molecule has 1 atom stereocenters. The average molecular weight is 426 g/mol. The fourth-order valence-electron chi connectivity index (χ4n) is 4.55. The summed E-state index contributed by atoms with van der Waals surface area (Å²) in [5.41, 5.74) is 3.56. The number of carbonyl (C=O) groups is 1. The summed E-state index contributed by atoms with van der Waals surface area (Å²) in [6.45, 7) is 5.35. The zero-order chi connectivity index (χ0) is 21.9. The number of carbonyl (C=O) groups excluding carboxylic acids is 1. The number of nitrogens with zero attached hydrogens (tertiary/aromatic N) is 5. The van der Waals surface area contributed by atoms with Gasteiger partial charge in [0, 0.05) is 38.8 Å². The molecule has 3 heterocycles. The van der Waals surface area contributed by atoms with E-state index in [1.165, 1.54) is 0 Å². The Balaban J connectivity index is 1.32. The zero-order valence-electron chi connectivity index (χ0n) is 18.3. The number of fused-ring (bicyclic) bond motifs is 1. The highest BCUT2D eigenvalue weighted by Gasteiger charge is 2.29. The molecule has 0 bridgehead atoms. The number of anilines is 2. The molecule has 1 aromatic carbocycles. The maximum atomic E-state index is 12.9. The Labute approximate surface area is 188 Å². The van der Waals surface area contributed by atoms with Crippen molar-refractivity contribution in [2.45, 2.75) is 19.8 Å². The lowest BCUT2D eigenvalue weighted by molar-refractivity contribution is 0.0956. The van der Waals surface area contributed by atoms with E-state index in [0.717, 1.165) is 66.9 Å². The number of aromatic nitrogens is 3. The van der Waals surface area contributed by atoms with E-state index in [1.54, 1.807) is 0 Å². The molecule has 1 aliphatic carbocycles. The maximum Gasteiger partial charge on any atom is 0.225 e. The third-order valence-corrected chi connectivity index (χ3v) is 6.23. The van der Waals surface area contributed by atoms with E-state index in [0.29, 0.717) is 6.42 Å². The number of hydrogen-bond donors (Lipinski definition) is 0. The predicted octanol–water partition coefficient (Wildman–Crippen LogP) is 3.97. The van der Waals surface area contributed by atoms with E-state index < -0.39 is 0 Å². The van der Waals surface area contributed by atoms with Gasteiger partial charge in [-0.3, -0.25) is 4.79 Å². The van der Waals surface area contributed by atoms with Crippen LogP contribution in [0.5, 0.6) is 0 Å². The molecular weight excluding hydrogens is 398 g/mol. The molecule has 0 radical (unpaired) electrons. The van der Waals surface area contributed by atoms with Gasteiger partial charge in [-0.1, -0.05) is 48.6 Å². The van der Waals surface area contributed by atoms with E-state index >= 15 is 0 Å². The smallest absolute Gasteiger partial charge is 0.225 e. The van der Waals surface area contributed by atoms with Gasteiger partial charge in [-0.15, -0.1) is 0 Å². The van der Waals surface area contributed by atoms with Crippen molar-refractivity contribution in [2.24, 2.45) is 5.92 Å². The summed E-state index contributed by atoms with van der Waals surface area (Å²) in [5.74, 6) is 2.06. The quantitative estimate of drug-likeness (QED) is 0.630. The van der Waals surface area contributed by atoms with Gasteiger partial charge in [-0.2, -0.15) is 0 Å². The Morgan fingerprint density at radius 3 is 2.41 bits per heavy atom. The number of allylic oxidation sites excluding steroid dienone is 1. The first-order valence-electron chi connectivity index (χ1n) is 11.2. The Morgan fingerprint density at radius 2 is 1.66 bits per heavy atom. The van der Waals surface area contributed by atoms with E-state index in [1.807, 2.05) is 49.5 Å². The SMILES string of the molecule is Cc1nc(N2CCN(c3ccccn3)CC2)nc2c1C(=O)CC(/C=C/c1ccccc1)C2. The molecule has 6 nitrogen and oxygen atoms in total. The molecule has 0 amide bonds. The minimum absolute atomic E-state index is 0.151. The number of aryl methyl sites for hydroxylation is 1. The number of piperazine rings is 1. The lowest BCUT2D eigenvalue weighted by Gasteiger charge is -2.36. The minimum atomic E-state index is 0.151. The molecule has 5 rings (SSSR count). The van der Waals surface area contributed by atoms with E-state index in [2.05, 4.69) is 39.1 Å². The first kappa shape index (κ1) is 20.4. The van der Waals surface area contributed by atoms with Crippen molar-refractivity contribution in [2.75, 3.05) is 36.0 Å². The number of rotatable bonds is 4. The van der Waals surface area contributed by atoms with Crippen molar-refractivity contribution >= 4 is 23.6 Å². The van der Waals surface area contributed by atoms with Gasteiger partial charge in [-0.25, -0.2) is 15.0 Å². The molecule has 0 spiro atoms. The Bertz CT molecular complexity index is 1120. The first-order chi connectivity index (χ1) is 15.7. The molecule has 0 saturated carbocycles. The van der Waals surface area contributed by atoms with E-state index in [4.69, 9.17) is 9.97 Å². The number of Topliss-reactive ketones (excluding diaryl/α,β-unsaturated/α-hetero) is 1. The molecule has 32 heavy (non-hydrogen) atoms. The number of benzene rings is 1. The van der Waals surface area contributed by atoms with Gasteiger partial charge in [0.15, 0.2) is 5.78 Å². The third kappa shape index (κ3) is 4.26. The monoisotopic (exact) mass is 425 g/mol. The molecule has 2 aromatic heterocycles. The minimum Gasteiger partial charge on any atom is -0.353 e. The molecule has 1 aliphatic heterocycles. The third-order valence-electron chi connectivity index (χ3n) is 6.23. The number of ketones is 1. The van der Waals surface area contributed by atoms with Crippen LogP contribution in [0.25, 0.3) is 6.08 Å².